The summed E-state index contributed by atoms with van der Waals surface area (Å²) in [6, 6.07) is 8.17. The van der Waals surface area contributed by atoms with Crippen LogP contribution in [0.15, 0.2) is 39.5 Å². The van der Waals surface area contributed by atoms with Crippen molar-refractivity contribution in [2.45, 2.75) is 13.0 Å². The lowest BCUT2D eigenvalue weighted by Crippen LogP contribution is -3.00. The van der Waals surface area contributed by atoms with Crippen molar-refractivity contribution in [3.05, 3.63) is 40.5 Å². The summed E-state index contributed by atoms with van der Waals surface area (Å²) in [5.41, 5.74) is 6.61. The zero-order chi connectivity index (χ0) is 10.8. The number of benzene rings is 1. The van der Waals surface area contributed by atoms with Gasteiger partial charge in [0.2, 0.25) is 11.3 Å². The van der Waals surface area contributed by atoms with Gasteiger partial charge < -0.3 is 18.1 Å². The zero-order valence-electron chi connectivity index (χ0n) is 8.60. The molecule has 0 saturated heterocycles. The summed E-state index contributed by atoms with van der Waals surface area (Å²) in [5.74, 6) is 0.318. The summed E-state index contributed by atoms with van der Waals surface area (Å²) in [7, 11) is 0. The van der Waals surface area contributed by atoms with Crippen LogP contribution in [0.1, 0.15) is 18.5 Å². The number of nitrogen functional groups attached to an aromatic ring is 1. The summed E-state index contributed by atoms with van der Waals surface area (Å²) in [4.78, 5) is 0. The highest BCUT2D eigenvalue weighted by Gasteiger charge is 2.19. The Kier molecular flexibility index (Phi) is 4.32. The molecule has 2 rings (SSSR count). The predicted octanol–water partition coefficient (Wildman–Crippen LogP) is -1.08. The van der Waals surface area contributed by atoms with Crippen molar-refractivity contribution >= 4 is 21.8 Å². The number of aromatic nitrogens is 2. The van der Waals surface area contributed by atoms with Crippen LogP contribution in [0, 0.1) is 0 Å². The highest BCUT2D eigenvalue weighted by Crippen LogP contribution is 2.16. The molecule has 0 fully saturated rings. The highest BCUT2D eigenvalue weighted by atomic mass is 79.9. The Bertz CT molecular complexity index is 457. The van der Waals surface area contributed by atoms with Gasteiger partial charge in [-0.15, -0.1) is 0 Å². The molecule has 1 aromatic heterocycles. The van der Waals surface area contributed by atoms with Gasteiger partial charge >= 0.3 is 0 Å². The van der Waals surface area contributed by atoms with Gasteiger partial charge in [0.05, 0.1) is 0 Å². The molecule has 4 nitrogen and oxygen atoms in total. The van der Waals surface area contributed by atoms with Gasteiger partial charge in [-0.1, -0.05) is 28.1 Å². The summed E-state index contributed by atoms with van der Waals surface area (Å²) in [6.45, 7) is 2.03. The first-order valence-electron chi connectivity index (χ1n) is 4.56. The van der Waals surface area contributed by atoms with Crippen molar-refractivity contribution in [2.24, 2.45) is 0 Å². The van der Waals surface area contributed by atoms with E-state index in [1.165, 1.54) is 0 Å². The van der Waals surface area contributed by atoms with Crippen molar-refractivity contribution in [1.29, 1.82) is 0 Å². The van der Waals surface area contributed by atoms with Crippen molar-refractivity contribution < 1.29 is 21.6 Å². The first-order chi connectivity index (χ1) is 7.16. The number of nitrogens with two attached hydrogens (primary N) is 1. The molecule has 0 aliphatic carbocycles. The van der Waals surface area contributed by atoms with Crippen LogP contribution in [0.4, 0.5) is 5.88 Å². The number of hydrogen-bond acceptors (Lipinski definition) is 3. The summed E-state index contributed by atoms with van der Waals surface area (Å²) >= 11 is 3.39. The van der Waals surface area contributed by atoms with E-state index >= 15 is 0 Å². The van der Waals surface area contributed by atoms with E-state index in [1.807, 2.05) is 31.2 Å². The molecule has 0 unspecified atom stereocenters. The van der Waals surface area contributed by atoms with E-state index in [0.29, 0.717) is 5.88 Å². The molecule has 0 bridgehead atoms. The molecule has 0 spiro atoms. The number of hydrogen-bond donors (Lipinski definition) is 1. The normalized spacial score (nSPS) is 11.9. The van der Waals surface area contributed by atoms with E-state index in [-0.39, 0.29) is 18.4 Å². The third-order valence-corrected chi connectivity index (χ3v) is 2.78. The summed E-state index contributed by atoms with van der Waals surface area (Å²) in [5, 5.41) is 3.82. The second-order valence-corrected chi connectivity index (χ2v) is 4.23. The lowest BCUT2D eigenvalue weighted by Gasteiger charge is -2.01. The average Bonchev–Trinajstić information content (AvgIpc) is 2.65. The number of anilines is 1. The molecular formula is C10H11BrClN3O. The predicted molar refractivity (Wildman–Crippen MR) is 59.1 cm³/mol. The monoisotopic (exact) mass is 303 g/mol. The van der Waals surface area contributed by atoms with Crippen LogP contribution in [-0.4, -0.2) is 5.27 Å². The van der Waals surface area contributed by atoms with E-state index in [1.54, 1.807) is 10.9 Å². The topological polar surface area (TPSA) is 55.9 Å². The molecule has 1 aromatic carbocycles. The Morgan fingerprint density at radius 2 is 2.00 bits per heavy atom. The minimum Gasteiger partial charge on any atom is -1.00 e. The quantitative estimate of drug-likeness (QED) is 0.718. The zero-order valence-corrected chi connectivity index (χ0v) is 10.9. The molecule has 0 saturated carbocycles. The maximum absolute atomic E-state index is 5.46. The Morgan fingerprint density at radius 3 is 2.50 bits per heavy atom. The molecule has 2 aromatic rings. The van der Waals surface area contributed by atoms with E-state index in [9.17, 15) is 0 Å². The minimum atomic E-state index is 0. The number of halogens is 2. The minimum absolute atomic E-state index is 0. The molecule has 1 atom stereocenters. The van der Waals surface area contributed by atoms with Gasteiger partial charge in [0.15, 0.2) is 0 Å². The summed E-state index contributed by atoms with van der Waals surface area (Å²) in [6.07, 6.45) is 1.67. The highest BCUT2D eigenvalue weighted by molar-refractivity contribution is 9.10. The average molecular weight is 305 g/mol. The van der Waals surface area contributed by atoms with Crippen LogP contribution >= 0.6 is 15.9 Å². The maximum atomic E-state index is 5.46. The van der Waals surface area contributed by atoms with Crippen molar-refractivity contribution in [2.75, 3.05) is 5.73 Å². The smallest absolute Gasteiger partial charge is 0.293 e. The first kappa shape index (κ1) is 13.0. The molecular weight excluding hydrogens is 293 g/mol. The Morgan fingerprint density at radius 1 is 1.38 bits per heavy atom. The molecule has 16 heavy (non-hydrogen) atoms. The largest absolute Gasteiger partial charge is 1.00 e. The van der Waals surface area contributed by atoms with Gasteiger partial charge in [-0.25, -0.2) is 0 Å². The summed E-state index contributed by atoms with van der Waals surface area (Å²) < 4.78 is 7.56. The fourth-order valence-electron chi connectivity index (χ4n) is 1.35. The molecule has 0 radical (unpaired) electrons. The molecule has 1 heterocycles. The van der Waals surface area contributed by atoms with Crippen molar-refractivity contribution in [3.63, 3.8) is 0 Å². The van der Waals surface area contributed by atoms with Gasteiger partial charge in [-0.2, -0.15) is 0 Å². The Hall–Kier alpha value is -1.07. The fraction of sp³-hybridized carbons (Fsp3) is 0.200. The first-order valence-corrected chi connectivity index (χ1v) is 5.35. The van der Waals surface area contributed by atoms with E-state index in [0.717, 1.165) is 10.0 Å². The molecule has 0 aliphatic rings. The Balaban J connectivity index is 0.00000128. The molecule has 86 valence electrons. The molecule has 0 amide bonds. The lowest BCUT2D eigenvalue weighted by atomic mass is 10.1. The van der Waals surface area contributed by atoms with Gasteiger partial charge in [0.25, 0.3) is 12.1 Å². The second kappa shape index (κ2) is 5.32. The SMILES string of the molecule is C[C@H](c1ccc(Br)cc1)[n+]1cc(N)on1.[Cl-]. The van der Waals surface area contributed by atoms with Gasteiger partial charge in [0.1, 0.15) is 0 Å². The number of rotatable bonds is 2. The lowest BCUT2D eigenvalue weighted by molar-refractivity contribution is -0.774. The van der Waals surface area contributed by atoms with Crippen molar-refractivity contribution in [1.82, 2.24) is 5.27 Å². The standard InChI is InChI=1S/C10H11BrN3O.ClH/c1-7(14-6-10(12)15-13-14)8-2-4-9(11)5-3-8;/h2-7H,12H2,1H3;1H/q+1;/p-1/t7-;/m1./s1. The van der Waals surface area contributed by atoms with Crippen LogP contribution in [0.2, 0.25) is 0 Å². The molecule has 2 N–H and O–H groups in total. The third-order valence-electron chi connectivity index (χ3n) is 2.25. The van der Waals surface area contributed by atoms with Crippen LogP contribution in [0.3, 0.4) is 0 Å². The fourth-order valence-corrected chi connectivity index (χ4v) is 1.61. The van der Waals surface area contributed by atoms with Gasteiger partial charge in [-0.05, 0) is 16.8 Å². The molecule has 0 aliphatic heterocycles. The van der Waals surface area contributed by atoms with E-state index < -0.39 is 0 Å². The van der Waals surface area contributed by atoms with Crippen LogP contribution in [0.5, 0.6) is 0 Å². The number of nitrogens with zero attached hydrogens (tertiary/aromatic N) is 2. The van der Waals surface area contributed by atoms with E-state index in [2.05, 4.69) is 21.2 Å². The third kappa shape index (κ3) is 2.74. The van der Waals surface area contributed by atoms with Gasteiger partial charge in [-0.3, -0.25) is 4.52 Å². The van der Waals surface area contributed by atoms with Gasteiger partial charge in [0, 0.05) is 17.0 Å². The second-order valence-electron chi connectivity index (χ2n) is 3.31. The van der Waals surface area contributed by atoms with Crippen LogP contribution in [-0.2, 0) is 0 Å². The van der Waals surface area contributed by atoms with Crippen LogP contribution in [0.25, 0.3) is 0 Å². The molecule has 6 heteroatoms. The van der Waals surface area contributed by atoms with Crippen LogP contribution < -0.4 is 22.8 Å². The van der Waals surface area contributed by atoms with E-state index in [4.69, 9.17) is 10.3 Å². The maximum Gasteiger partial charge on any atom is 0.293 e. The van der Waals surface area contributed by atoms with Crippen molar-refractivity contribution in [3.8, 4) is 0 Å². The Labute approximate surface area is 108 Å².